The maximum atomic E-state index is 12.0. The second-order valence-corrected chi connectivity index (χ2v) is 6.05. The quantitative estimate of drug-likeness (QED) is 0.818. The maximum absolute atomic E-state index is 12.0. The van der Waals surface area contributed by atoms with E-state index in [4.69, 9.17) is 4.74 Å². The van der Waals surface area contributed by atoms with Crippen molar-refractivity contribution in [2.24, 2.45) is 5.92 Å². The van der Waals surface area contributed by atoms with Gasteiger partial charge >= 0.3 is 0 Å². The van der Waals surface area contributed by atoms with Gasteiger partial charge in [0, 0.05) is 19.5 Å². The number of para-hydroxylation sites is 2. The van der Waals surface area contributed by atoms with Crippen LogP contribution in [0.1, 0.15) is 19.3 Å². The highest BCUT2D eigenvalue weighted by molar-refractivity contribution is 5.98. The van der Waals surface area contributed by atoms with Gasteiger partial charge in [0.25, 0.3) is 5.91 Å². The first-order valence-corrected chi connectivity index (χ1v) is 8.23. The highest BCUT2D eigenvalue weighted by atomic mass is 16.5. The van der Waals surface area contributed by atoms with Gasteiger partial charge in [-0.15, -0.1) is 0 Å². The van der Waals surface area contributed by atoms with Crippen LogP contribution < -0.4 is 20.3 Å². The molecule has 6 nitrogen and oxygen atoms in total. The van der Waals surface area contributed by atoms with Crippen molar-refractivity contribution in [1.29, 1.82) is 0 Å². The summed E-state index contributed by atoms with van der Waals surface area (Å²) in [5.41, 5.74) is 0.744. The number of nitrogens with zero attached hydrogens (tertiary/aromatic N) is 1. The highest BCUT2D eigenvalue weighted by Crippen LogP contribution is 2.31. The Morgan fingerprint density at radius 3 is 3.09 bits per heavy atom. The summed E-state index contributed by atoms with van der Waals surface area (Å²) in [7, 11) is 0. The Kier molecular flexibility index (Phi) is 5.12. The minimum atomic E-state index is -0.103. The minimum absolute atomic E-state index is 0.00673. The van der Waals surface area contributed by atoms with Gasteiger partial charge in [-0.3, -0.25) is 9.59 Å². The Morgan fingerprint density at radius 2 is 2.26 bits per heavy atom. The second-order valence-electron chi connectivity index (χ2n) is 6.05. The van der Waals surface area contributed by atoms with Crippen molar-refractivity contribution >= 4 is 17.5 Å². The summed E-state index contributed by atoms with van der Waals surface area (Å²) in [6.07, 6.45) is 2.51. The van der Waals surface area contributed by atoms with Crippen molar-refractivity contribution in [2.45, 2.75) is 19.3 Å². The van der Waals surface area contributed by atoms with E-state index >= 15 is 0 Å². The zero-order chi connectivity index (χ0) is 16.1. The molecule has 2 aliphatic heterocycles. The standard InChI is InChI=1S/C17H23N3O3/c21-16(19-9-6-13-5-8-18-11-13)7-10-20-14-3-1-2-4-15(14)23-12-17(20)22/h1-4,13,18H,5-12H2,(H,19,21). The molecular weight excluding hydrogens is 294 g/mol. The van der Waals surface area contributed by atoms with Gasteiger partial charge in [0.1, 0.15) is 5.75 Å². The zero-order valence-electron chi connectivity index (χ0n) is 13.2. The van der Waals surface area contributed by atoms with E-state index in [0.29, 0.717) is 31.2 Å². The number of carbonyl (C=O) groups is 2. The molecule has 1 unspecified atom stereocenters. The molecule has 1 saturated heterocycles. The first kappa shape index (κ1) is 15.8. The SMILES string of the molecule is O=C(CCN1C(=O)COc2ccccc21)NCCC1CCNC1. The van der Waals surface area contributed by atoms with Gasteiger partial charge in [0.15, 0.2) is 6.61 Å². The first-order chi connectivity index (χ1) is 11.2. The third-order valence-electron chi connectivity index (χ3n) is 4.41. The van der Waals surface area contributed by atoms with Crippen molar-refractivity contribution in [3.05, 3.63) is 24.3 Å². The number of nitrogens with one attached hydrogen (secondary N) is 2. The molecule has 0 saturated carbocycles. The average molecular weight is 317 g/mol. The highest BCUT2D eigenvalue weighted by Gasteiger charge is 2.25. The summed E-state index contributed by atoms with van der Waals surface area (Å²) in [4.78, 5) is 25.6. The summed E-state index contributed by atoms with van der Waals surface area (Å²) < 4.78 is 5.40. The summed E-state index contributed by atoms with van der Waals surface area (Å²) in [6.45, 7) is 3.26. The first-order valence-electron chi connectivity index (χ1n) is 8.23. The molecule has 0 aliphatic carbocycles. The summed E-state index contributed by atoms with van der Waals surface area (Å²) in [5, 5.41) is 6.28. The van der Waals surface area contributed by atoms with Crippen LogP contribution in [0.5, 0.6) is 5.75 Å². The summed E-state index contributed by atoms with van der Waals surface area (Å²) in [5.74, 6) is 1.26. The molecule has 1 aromatic carbocycles. The number of hydrogen-bond donors (Lipinski definition) is 2. The molecule has 2 aliphatic rings. The molecular formula is C17H23N3O3. The van der Waals surface area contributed by atoms with Gasteiger partial charge in [-0.1, -0.05) is 12.1 Å². The molecule has 2 amide bonds. The third kappa shape index (κ3) is 4.01. The van der Waals surface area contributed by atoms with Gasteiger partial charge < -0.3 is 20.3 Å². The molecule has 3 rings (SSSR count). The van der Waals surface area contributed by atoms with Crippen LogP contribution in [0, 0.1) is 5.92 Å². The monoisotopic (exact) mass is 317 g/mol. The van der Waals surface area contributed by atoms with Crippen LogP contribution in [-0.2, 0) is 9.59 Å². The smallest absolute Gasteiger partial charge is 0.265 e. The Hall–Kier alpha value is -2.08. The lowest BCUT2D eigenvalue weighted by molar-refractivity contribution is -0.122. The second kappa shape index (κ2) is 7.46. The van der Waals surface area contributed by atoms with E-state index in [1.807, 2.05) is 24.3 Å². The predicted molar refractivity (Wildman–Crippen MR) is 87.5 cm³/mol. The topological polar surface area (TPSA) is 70.7 Å². The molecule has 23 heavy (non-hydrogen) atoms. The van der Waals surface area contributed by atoms with E-state index in [1.54, 1.807) is 4.90 Å². The van der Waals surface area contributed by atoms with Gasteiger partial charge in [0.2, 0.25) is 5.91 Å². The van der Waals surface area contributed by atoms with Crippen molar-refractivity contribution < 1.29 is 14.3 Å². The van der Waals surface area contributed by atoms with Crippen molar-refractivity contribution in [3.8, 4) is 5.75 Å². The number of hydrogen-bond acceptors (Lipinski definition) is 4. The van der Waals surface area contributed by atoms with Crippen LogP contribution in [0.25, 0.3) is 0 Å². The largest absolute Gasteiger partial charge is 0.482 e. The lowest BCUT2D eigenvalue weighted by Gasteiger charge is -2.29. The summed E-state index contributed by atoms with van der Waals surface area (Å²) >= 11 is 0. The number of benzene rings is 1. The molecule has 6 heteroatoms. The van der Waals surface area contributed by atoms with Crippen LogP contribution in [-0.4, -0.2) is 44.6 Å². The van der Waals surface area contributed by atoms with Gasteiger partial charge in [-0.05, 0) is 44.0 Å². The van der Waals surface area contributed by atoms with E-state index in [2.05, 4.69) is 10.6 Å². The van der Waals surface area contributed by atoms with E-state index in [0.717, 1.165) is 25.2 Å². The van der Waals surface area contributed by atoms with Crippen LogP contribution >= 0.6 is 0 Å². The zero-order valence-corrected chi connectivity index (χ0v) is 13.2. The van der Waals surface area contributed by atoms with Crippen molar-refractivity contribution in [1.82, 2.24) is 10.6 Å². The minimum Gasteiger partial charge on any atom is -0.482 e. The molecule has 0 aromatic heterocycles. The van der Waals surface area contributed by atoms with Crippen LogP contribution in [0.2, 0.25) is 0 Å². The van der Waals surface area contributed by atoms with Gasteiger partial charge in [-0.2, -0.15) is 0 Å². The number of ether oxygens (including phenoxy) is 1. The fourth-order valence-corrected chi connectivity index (χ4v) is 3.08. The van der Waals surface area contributed by atoms with Gasteiger partial charge in [-0.25, -0.2) is 0 Å². The molecule has 0 spiro atoms. The lowest BCUT2D eigenvalue weighted by Crippen LogP contribution is -2.41. The van der Waals surface area contributed by atoms with Crippen molar-refractivity contribution in [2.75, 3.05) is 37.7 Å². The number of rotatable bonds is 6. The number of fused-ring (bicyclic) bond motifs is 1. The van der Waals surface area contributed by atoms with Crippen LogP contribution in [0.3, 0.4) is 0 Å². The molecule has 2 heterocycles. The molecule has 0 radical (unpaired) electrons. The number of carbonyl (C=O) groups excluding carboxylic acids is 2. The van der Waals surface area contributed by atoms with E-state index in [-0.39, 0.29) is 18.4 Å². The molecule has 1 aromatic rings. The molecule has 124 valence electrons. The normalized spacial score (nSPS) is 20.1. The molecule has 2 N–H and O–H groups in total. The Balaban J connectivity index is 1.45. The van der Waals surface area contributed by atoms with Crippen molar-refractivity contribution in [3.63, 3.8) is 0 Å². The maximum Gasteiger partial charge on any atom is 0.265 e. The predicted octanol–water partition coefficient (Wildman–Crippen LogP) is 0.918. The fraction of sp³-hybridized carbons (Fsp3) is 0.529. The average Bonchev–Trinajstić information content (AvgIpc) is 3.07. The Bertz CT molecular complexity index is 570. The Morgan fingerprint density at radius 1 is 1.39 bits per heavy atom. The van der Waals surface area contributed by atoms with E-state index < -0.39 is 0 Å². The fourth-order valence-electron chi connectivity index (χ4n) is 3.08. The number of anilines is 1. The Labute approximate surface area is 136 Å². The molecule has 1 atom stereocenters. The number of amides is 2. The summed E-state index contributed by atoms with van der Waals surface area (Å²) in [6, 6.07) is 7.42. The van der Waals surface area contributed by atoms with E-state index in [9.17, 15) is 9.59 Å². The third-order valence-corrected chi connectivity index (χ3v) is 4.41. The van der Waals surface area contributed by atoms with Crippen LogP contribution in [0.15, 0.2) is 24.3 Å². The molecule has 0 bridgehead atoms. The van der Waals surface area contributed by atoms with Gasteiger partial charge in [0.05, 0.1) is 5.69 Å². The lowest BCUT2D eigenvalue weighted by atomic mass is 10.1. The van der Waals surface area contributed by atoms with Crippen LogP contribution in [0.4, 0.5) is 5.69 Å². The van der Waals surface area contributed by atoms with E-state index in [1.165, 1.54) is 6.42 Å². The molecule has 1 fully saturated rings.